The number of rotatable bonds is 3. The van der Waals surface area contributed by atoms with Crippen LogP contribution in [0.3, 0.4) is 0 Å². The van der Waals surface area contributed by atoms with Gasteiger partial charge in [-0.2, -0.15) is 0 Å². The maximum Gasteiger partial charge on any atom is 0.340 e. The third-order valence-corrected chi connectivity index (χ3v) is 2.72. The molecule has 1 saturated heterocycles. The van der Waals surface area contributed by atoms with E-state index in [9.17, 15) is 14.0 Å². The predicted molar refractivity (Wildman–Crippen MR) is 64.6 cm³/mol. The number of carbonyl (C=O) groups excluding carboxylic acids is 1. The molecule has 1 atom stereocenters. The van der Waals surface area contributed by atoms with Crippen LogP contribution in [0.5, 0.6) is 0 Å². The molecule has 1 unspecified atom stereocenters. The fraction of sp³-hybridized carbons (Fsp3) is 0.333. The van der Waals surface area contributed by atoms with Gasteiger partial charge in [0.2, 0.25) is 5.91 Å². The SMILES string of the molecule is O=C(O)c1c(F)cccc1NC(=O)C1COCCN1. The standard InChI is InChI=1S/C12H13FN2O4/c13-7-2-1-3-8(10(7)12(17)18)15-11(16)9-6-19-5-4-14-9/h1-3,9,14H,4-6H2,(H,15,16)(H,17,18). The van der Waals surface area contributed by atoms with Crippen LogP contribution in [-0.4, -0.2) is 42.8 Å². The highest BCUT2D eigenvalue weighted by Crippen LogP contribution is 2.19. The van der Waals surface area contributed by atoms with Crippen LogP contribution in [0.4, 0.5) is 10.1 Å². The van der Waals surface area contributed by atoms with E-state index < -0.39 is 29.3 Å². The molecule has 0 aliphatic carbocycles. The van der Waals surface area contributed by atoms with E-state index in [0.717, 1.165) is 6.07 Å². The number of ether oxygens (including phenoxy) is 1. The van der Waals surface area contributed by atoms with E-state index >= 15 is 0 Å². The number of anilines is 1. The third kappa shape index (κ3) is 3.07. The van der Waals surface area contributed by atoms with E-state index in [0.29, 0.717) is 13.2 Å². The molecule has 1 aliphatic heterocycles. The normalized spacial score (nSPS) is 18.9. The van der Waals surface area contributed by atoms with Crippen molar-refractivity contribution in [1.29, 1.82) is 0 Å². The third-order valence-electron chi connectivity index (χ3n) is 2.72. The molecule has 19 heavy (non-hydrogen) atoms. The smallest absolute Gasteiger partial charge is 0.340 e. The lowest BCUT2D eigenvalue weighted by Crippen LogP contribution is -2.49. The second kappa shape index (κ2) is 5.77. The van der Waals surface area contributed by atoms with Crippen molar-refractivity contribution in [2.75, 3.05) is 25.1 Å². The molecular weight excluding hydrogens is 255 g/mol. The number of aromatic carboxylic acids is 1. The Bertz CT molecular complexity index is 501. The molecule has 1 heterocycles. The second-order valence-electron chi connectivity index (χ2n) is 4.04. The van der Waals surface area contributed by atoms with Gasteiger partial charge in [0.1, 0.15) is 17.4 Å². The Morgan fingerprint density at radius 2 is 2.26 bits per heavy atom. The molecule has 0 spiro atoms. The summed E-state index contributed by atoms with van der Waals surface area (Å²) in [4.78, 5) is 22.9. The Labute approximate surface area is 108 Å². The maximum absolute atomic E-state index is 13.4. The fourth-order valence-electron chi connectivity index (χ4n) is 1.80. The number of carboxylic acids is 1. The Kier molecular flexibility index (Phi) is 4.08. The van der Waals surface area contributed by atoms with Gasteiger partial charge >= 0.3 is 5.97 Å². The minimum Gasteiger partial charge on any atom is -0.478 e. The van der Waals surface area contributed by atoms with Crippen molar-refractivity contribution in [1.82, 2.24) is 5.32 Å². The van der Waals surface area contributed by atoms with Crippen molar-refractivity contribution in [3.63, 3.8) is 0 Å². The zero-order chi connectivity index (χ0) is 13.8. The molecule has 0 radical (unpaired) electrons. The van der Waals surface area contributed by atoms with E-state index in [1.807, 2.05) is 0 Å². The van der Waals surface area contributed by atoms with Gasteiger partial charge in [-0.1, -0.05) is 6.07 Å². The first-order chi connectivity index (χ1) is 9.09. The molecule has 6 nitrogen and oxygen atoms in total. The Morgan fingerprint density at radius 1 is 1.47 bits per heavy atom. The summed E-state index contributed by atoms with van der Waals surface area (Å²) in [7, 11) is 0. The highest BCUT2D eigenvalue weighted by Gasteiger charge is 2.23. The number of nitrogens with one attached hydrogen (secondary N) is 2. The van der Waals surface area contributed by atoms with Gasteiger partial charge in [-0.3, -0.25) is 4.79 Å². The van der Waals surface area contributed by atoms with Crippen LogP contribution < -0.4 is 10.6 Å². The average Bonchev–Trinajstić information content (AvgIpc) is 2.39. The molecule has 2 rings (SSSR count). The summed E-state index contributed by atoms with van der Waals surface area (Å²) in [5.41, 5.74) is -0.613. The lowest BCUT2D eigenvalue weighted by atomic mass is 10.1. The average molecular weight is 268 g/mol. The molecular formula is C12H13FN2O4. The van der Waals surface area contributed by atoms with Crippen molar-refractivity contribution < 1.29 is 23.8 Å². The van der Waals surface area contributed by atoms with Crippen LogP contribution in [0.25, 0.3) is 0 Å². The van der Waals surface area contributed by atoms with Crippen molar-refractivity contribution in [2.24, 2.45) is 0 Å². The first kappa shape index (κ1) is 13.4. The Hall–Kier alpha value is -1.99. The lowest BCUT2D eigenvalue weighted by molar-refractivity contribution is -0.120. The first-order valence-electron chi connectivity index (χ1n) is 5.73. The van der Waals surface area contributed by atoms with Crippen molar-refractivity contribution in [2.45, 2.75) is 6.04 Å². The molecule has 0 saturated carbocycles. The van der Waals surface area contributed by atoms with Gasteiger partial charge in [0.25, 0.3) is 0 Å². The maximum atomic E-state index is 13.4. The second-order valence-corrected chi connectivity index (χ2v) is 4.04. The molecule has 1 aromatic rings. The van der Waals surface area contributed by atoms with Crippen LogP contribution in [0, 0.1) is 5.82 Å². The number of hydrogen-bond acceptors (Lipinski definition) is 4. The number of hydrogen-bond donors (Lipinski definition) is 3. The van der Waals surface area contributed by atoms with Gasteiger partial charge in [-0.15, -0.1) is 0 Å². The Balaban J connectivity index is 2.16. The van der Waals surface area contributed by atoms with Crippen molar-refractivity contribution >= 4 is 17.6 Å². The number of morpholine rings is 1. The minimum absolute atomic E-state index is 0.0649. The highest BCUT2D eigenvalue weighted by atomic mass is 19.1. The van der Waals surface area contributed by atoms with E-state index in [1.54, 1.807) is 0 Å². The Morgan fingerprint density at radius 3 is 2.89 bits per heavy atom. The van der Waals surface area contributed by atoms with Gasteiger partial charge in [-0.05, 0) is 12.1 Å². The number of carboxylic acid groups (broad SMARTS) is 1. The fourth-order valence-corrected chi connectivity index (χ4v) is 1.80. The number of amides is 1. The summed E-state index contributed by atoms with van der Waals surface area (Å²) in [5, 5.41) is 14.3. The van der Waals surface area contributed by atoms with E-state index in [2.05, 4.69) is 10.6 Å². The molecule has 1 aliphatic rings. The van der Waals surface area contributed by atoms with Crippen LogP contribution >= 0.6 is 0 Å². The lowest BCUT2D eigenvalue weighted by Gasteiger charge is -2.23. The quantitative estimate of drug-likeness (QED) is 0.741. The summed E-state index contributed by atoms with van der Waals surface area (Å²) >= 11 is 0. The van der Waals surface area contributed by atoms with Gasteiger partial charge in [0.05, 0.1) is 18.9 Å². The van der Waals surface area contributed by atoms with Crippen LogP contribution in [-0.2, 0) is 9.53 Å². The van der Waals surface area contributed by atoms with E-state index in [1.165, 1.54) is 12.1 Å². The summed E-state index contributed by atoms with van der Waals surface area (Å²) in [6.45, 7) is 1.25. The molecule has 0 aromatic heterocycles. The molecule has 1 amide bonds. The van der Waals surface area contributed by atoms with Crippen LogP contribution in [0.15, 0.2) is 18.2 Å². The summed E-state index contributed by atoms with van der Waals surface area (Å²) < 4.78 is 18.5. The molecule has 1 aromatic carbocycles. The largest absolute Gasteiger partial charge is 0.478 e. The van der Waals surface area contributed by atoms with E-state index in [-0.39, 0.29) is 12.3 Å². The van der Waals surface area contributed by atoms with Gasteiger partial charge < -0.3 is 20.5 Å². The predicted octanol–water partition coefficient (Wildman–Crippen LogP) is 0.451. The molecule has 102 valence electrons. The molecule has 7 heteroatoms. The van der Waals surface area contributed by atoms with Crippen LogP contribution in [0.1, 0.15) is 10.4 Å². The number of carbonyl (C=O) groups is 2. The van der Waals surface area contributed by atoms with Crippen molar-refractivity contribution in [3.8, 4) is 0 Å². The highest BCUT2D eigenvalue weighted by molar-refractivity contribution is 6.02. The minimum atomic E-state index is -1.43. The number of benzene rings is 1. The molecule has 3 N–H and O–H groups in total. The topological polar surface area (TPSA) is 87.7 Å². The monoisotopic (exact) mass is 268 g/mol. The summed E-state index contributed by atoms with van der Waals surface area (Å²) in [6, 6.07) is 3.14. The zero-order valence-electron chi connectivity index (χ0n) is 9.98. The summed E-state index contributed by atoms with van der Waals surface area (Å²) in [5.74, 6) is -2.77. The van der Waals surface area contributed by atoms with Crippen LogP contribution in [0.2, 0.25) is 0 Å². The summed E-state index contributed by atoms with van der Waals surface area (Å²) in [6.07, 6.45) is 0. The first-order valence-corrected chi connectivity index (χ1v) is 5.73. The zero-order valence-corrected chi connectivity index (χ0v) is 9.98. The van der Waals surface area contributed by atoms with Gasteiger partial charge in [-0.25, -0.2) is 9.18 Å². The van der Waals surface area contributed by atoms with Gasteiger partial charge in [0, 0.05) is 6.54 Å². The van der Waals surface area contributed by atoms with Crippen molar-refractivity contribution in [3.05, 3.63) is 29.6 Å². The number of halogens is 1. The molecule has 0 bridgehead atoms. The van der Waals surface area contributed by atoms with Gasteiger partial charge in [0.15, 0.2) is 0 Å². The molecule has 1 fully saturated rings. The van der Waals surface area contributed by atoms with E-state index in [4.69, 9.17) is 9.84 Å².